The molecule has 0 bridgehead atoms. The van der Waals surface area contributed by atoms with E-state index in [1.165, 1.54) is 35.5 Å². The molecule has 3 N–H and O–H groups in total. The molecule has 0 spiro atoms. The second-order valence-electron chi connectivity index (χ2n) is 6.97. The van der Waals surface area contributed by atoms with Crippen LogP contribution < -0.4 is 21.2 Å². The van der Waals surface area contributed by atoms with Crippen molar-refractivity contribution in [2.75, 3.05) is 15.6 Å². The van der Waals surface area contributed by atoms with Gasteiger partial charge in [0.05, 0.1) is 17.3 Å². The van der Waals surface area contributed by atoms with Crippen molar-refractivity contribution in [3.63, 3.8) is 0 Å². The Hall–Kier alpha value is -5.20. The van der Waals surface area contributed by atoms with E-state index in [0.29, 0.717) is 40.2 Å². The van der Waals surface area contributed by atoms with Crippen LogP contribution in [0.15, 0.2) is 86.8 Å². The summed E-state index contributed by atoms with van der Waals surface area (Å²) in [5, 5.41) is 30.3. The van der Waals surface area contributed by atoms with E-state index in [2.05, 4.69) is 31.6 Å². The number of hydrazine groups is 1. The Morgan fingerprint density at radius 1 is 1.15 bits per heavy atom. The summed E-state index contributed by atoms with van der Waals surface area (Å²) in [7, 11) is 0. The lowest BCUT2D eigenvalue weighted by Gasteiger charge is -2.24. The van der Waals surface area contributed by atoms with E-state index in [0.717, 1.165) is 0 Å². The molecule has 34 heavy (non-hydrogen) atoms. The van der Waals surface area contributed by atoms with Gasteiger partial charge < -0.3 is 15.1 Å². The van der Waals surface area contributed by atoms with Gasteiger partial charge in [0.1, 0.15) is 23.2 Å². The van der Waals surface area contributed by atoms with Gasteiger partial charge in [-0.25, -0.2) is 19.6 Å². The molecule has 12 nitrogen and oxygen atoms in total. The molecule has 3 heterocycles. The van der Waals surface area contributed by atoms with E-state index in [9.17, 15) is 14.5 Å². The summed E-state index contributed by atoms with van der Waals surface area (Å²) >= 11 is 0. The topological polar surface area (TPSA) is 147 Å². The van der Waals surface area contributed by atoms with Crippen LogP contribution in [0.4, 0.5) is 27.4 Å². The summed E-state index contributed by atoms with van der Waals surface area (Å²) < 4.78 is 23.6. The molecule has 170 valence electrons. The van der Waals surface area contributed by atoms with Crippen molar-refractivity contribution in [2.45, 2.75) is 0 Å². The van der Waals surface area contributed by atoms with E-state index < -0.39 is 4.92 Å². The number of furan rings is 1. The predicted molar refractivity (Wildman–Crippen MR) is 120 cm³/mol. The van der Waals surface area contributed by atoms with Crippen LogP contribution in [0.3, 0.4) is 0 Å². The molecule has 0 atom stereocenters. The minimum absolute atomic E-state index is 0.0293. The largest absolute Gasteiger partial charge is 0.455 e. The molecule has 5 rings (SSSR count). The Labute approximate surface area is 190 Å². The van der Waals surface area contributed by atoms with Gasteiger partial charge in [-0.2, -0.15) is 5.10 Å². The highest BCUT2D eigenvalue weighted by molar-refractivity contribution is 5.77. The number of rotatable bonds is 7. The van der Waals surface area contributed by atoms with Crippen LogP contribution in [0.1, 0.15) is 5.76 Å². The maximum Gasteiger partial charge on any atom is 0.270 e. The number of nitrogens with zero attached hydrogens (tertiary/aromatic N) is 5. The minimum atomic E-state index is -0.466. The Bertz CT molecular complexity index is 1400. The number of halogens is 1. The van der Waals surface area contributed by atoms with Crippen LogP contribution >= 0.6 is 0 Å². The number of aromatic nitrogens is 2. The van der Waals surface area contributed by atoms with E-state index in [1.807, 2.05) is 0 Å². The molecule has 0 aliphatic carbocycles. The van der Waals surface area contributed by atoms with Gasteiger partial charge in [-0.15, -0.1) is 0 Å². The molecule has 0 fully saturated rings. The van der Waals surface area contributed by atoms with Crippen molar-refractivity contribution >= 4 is 29.2 Å². The van der Waals surface area contributed by atoms with Crippen molar-refractivity contribution < 1.29 is 18.4 Å². The molecule has 0 unspecified atom stereocenters. The molecule has 0 radical (unpaired) electrons. The van der Waals surface area contributed by atoms with Crippen LogP contribution in [0.25, 0.3) is 11.3 Å². The first kappa shape index (κ1) is 20.7. The predicted octanol–water partition coefficient (Wildman–Crippen LogP) is 4.06. The van der Waals surface area contributed by atoms with Gasteiger partial charge in [-0.05, 0) is 46.7 Å². The number of anilines is 3. The molecule has 0 saturated carbocycles. The third-order valence-electron chi connectivity index (χ3n) is 4.66. The summed E-state index contributed by atoms with van der Waals surface area (Å²) in [6.07, 6.45) is 3.04. The van der Waals surface area contributed by atoms with Crippen LogP contribution in [0.5, 0.6) is 0 Å². The Kier molecular flexibility index (Phi) is 5.32. The third kappa shape index (κ3) is 4.38. The lowest BCUT2D eigenvalue weighted by molar-refractivity contribution is -0.384. The summed E-state index contributed by atoms with van der Waals surface area (Å²) in [5.41, 5.74) is 3.97. The van der Waals surface area contributed by atoms with E-state index >= 15 is 0 Å². The zero-order valence-corrected chi connectivity index (χ0v) is 17.2. The summed E-state index contributed by atoms with van der Waals surface area (Å²) in [4.78, 5) is 10.5. The van der Waals surface area contributed by atoms with Gasteiger partial charge in [-0.1, -0.05) is 12.1 Å². The highest BCUT2D eigenvalue weighted by atomic mass is 19.1. The molecule has 1 aliphatic rings. The normalized spacial score (nSPS) is 12.7. The highest BCUT2D eigenvalue weighted by Crippen LogP contribution is 2.27. The van der Waals surface area contributed by atoms with Crippen molar-refractivity contribution in [3.05, 3.63) is 94.4 Å². The average Bonchev–Trinajstić information content (AvgIpc) is 3.50. The van der Waals surface area contributed by atoms with Gasteiger partial charge in [0.2, 0.25) is 11.6 Å². The standard InChI is InChI=1S/C21H15FN8O4/c22-14-4-6-15(7-5-14)24-19-12-29(21-20(25-19)26-34-27-21)28-23-11-17-8-9-18(33-17)13-2-1-3-16(10-13)30(31)32/h1-12,24,28H,(H,25,26). The molecular formula is C21H15FN8O4. The number of non-ortho nitro benzene ring substituents is 1. The quantitative estimate of drug-likeness (QED) is 0.209. The lowest BCUT2D eigenvalue weighted by atomic mass is 10.1. The van der Waals surface area contributed by atoms with Crippen LogP contribution in [-0.2, 0) is 0 Å². The number of hydrazone groups is 1. The fourth-order valence-electron chi connectivity index (χ4n) is 3.10. The lowest BCUT2D eigenvalue weighted by Crippen LogP contribution is -2.34. The summed E-state index contributed by atoms with van der Waals surface area (Å²) in [6, 6.07) is 15.3. The molecule has 0 saturated heterocycles. The second kappa shape index (κ2) is 8.74. The van der Waals surface area contributed by atoms with E-state index in [1.54, 1.807) is 42.6 Å². The fourth-order valence-corrected chi connectivity index (χ4v) is 3.10. The van der Waals surface area contributed by atoms with Crippen molar-refractivity contribution in [3.8, 4) is 11.3 Å². The zero-order chi connectivity index (χ0) is 23.5. The number of nitro groups is 1. The number of fused-ring (bicyclic) bond motifs is 1. The van der Waals surface area contributed by atoms with Gasteiger partial charge in [0.15, 0.2) is 0 Å². The fraction of sp³-hybridized carbons (Fsp3) is 0. The number of hydrogen-bond acceptors (Lipinski definition) is 11. The van der Waals surface area contributed by atoms with Crippen molar-refractivity contribution in [1.82, 2.24) is 15.8 Å². The van der Waals surface area contributed by atoms with Gasteiger partial charge in [-0.3, -0.25) is 10.1 Å². The molecule has 2 aromatic carbocycles. The molecule has 2 aromatic heterocycles. The molecule has 13 heteroatoms. The Balaban J connectivity index is 1.30. The monoisotopic (exact) mass is 462 g/mol. The Morgan fingerprint density at radius 3 is 2.82 bits per heavy atom. The minimum Gasteiger partial charge on any atom is -0.455 e. The number of nitrogens with one attached hydrogen (secondary N) is 3. The molecule has 1 aliphatic heterocycles. The van der Waals surface area contributed by atoms with Crippen molar-refractivity contribution in [1.29, 1.82) is 0 Å². The molecular weight excluding hydrogens is 447 g/mol. The van der Waals surface area contributed by atoms with Gasteiger partial charge >= 0.3 is 0 Å². The number of benzene rings is 2. The van der Waals surface area contributed by atoms with Crippen LogP contribution in [0, 0.1) is 15.9 Å². The van der Waals surface area contributed by atoms with E-state index in [-0.39, 0.29) is 11.5 Å². The number of nitro benzene ring substituents is 1. The first-order chi connectivity index (χ1) is 16.5. The third-order valence-corrected chi connectivity index (χ3v) is 4.66. The molecule has 0 amide bonds. The highest BCUT2D eigenvalue weighted by Gasteiger charge is 2.23. The van der Waals surface area contributed by atoms with Gasteiger partial charge in [0, 0.05) is 23.4 Å². The number of hydrogen-bond donors (Lipinski definition) is 3. The maximum atomic E-state index is 13.2. The molecule has 4 aromatic rings. The first-order valence-electron chi connectivity index (χ1n) is 9.82. The zero-order valence-electron chi connectivity index (χ0n) is 17.2. The van der Waals surface area contributed by atoms with Crippen molar-refractivity contribution in [2.24, 2.45) is 5.10 Å². The van der Waals surface area contributed by atoms with Gasteiger partial charge in [0.25, 0.3) is 5.69 Å². The van der Waals surface area contributed by atoms with Crippen LogP contribution in [-0.4, -0.2) is 21.5 Å². The first-order valence-corrected chi connectivity index (χ1v) is 9.82. The maximum absolute atomic E-state index is 13.2. The SMILES string of the molecule is O=[N+]([O-])c1cccc(-c2ccc(C=NNN3C=C(Nc4ccc(F)cc4)Nc4nonc43)o2)c1. The second-order valence-corrected chi connectivity index (χ2v) is 6.97. The smallest absolute Gasteiger partial charge is 0.270 e. The summed E-state index contributed by atoms with van der Waals surface area (Å²) in [5.74, 6) is 1.70. The average molecular weight is 462 g/mol. The van der Waals surface area contributed by atoms with Crippen LogP contribution in [0.2, 0.25) is 0 Å². The summed E-state index contributed by atoms with van der Waals surface area (Å²) in [6.45, 7) is 0. The van der Waals surface area contributed by atoms with E-state index in [4.69, 9.17) is 9.05 Å². The Morgan fingerprint density at radius 2 is 2.00 bits per heavy atom.